The summed E-state index contributed by atoms with van der Waals surface area (Å²) in [7, 11) is 0. The summed E-state index contributed by atoms with van der Waals surface area (Å²) >= 11 is 0. The molecule has 4 rings (SSSR count). The van der Waals surface area contributed by atoms with Crippen LogP contribution in [0.15, 0.2) is 36.4 Å². The van der Waals surface area contributed by atoms with Gasteiger partial charge in [0, 0.05) is 30.8 Å². The first kappa shape index (κ1) is 17.9. The maximum absolute atomic E-state index is 13.3. The van der Waals surface area contributed by atoms with Crippen molar-refractivity contribution in [3.05, 3.63) is 64.9 Å². The monoisotopic (exact) mass is 378 g/mol. The van der Waals surface area contributed by atoms with Gasteiger partial charge in [-0.1, -0.05) is 12.1 Å². The minimum Gasteiger partial charge on any atom is -0.298 e. The van der Waals surface area contributed by atoms with Crippen LogP contribution >= 0.6 is 0 Å². The third-order valence-electron chi connectivity index (χ3n) is 4.85. The van der Waals surface area contributed by atoms with Crippen LogP contribution in [0.1, 0.15) is 35.0 Å². The van der Waals surface area contributed by atoms with Crippen molar-refractivity contribution in [2.24, 2.45) is 0 Å². The molecule has 1 aliphatic rings. The maximum atomic E-state index is 13.3. The summed E-state index contributed by atoms with van der Waals surface area (Å²) in [4.78, 5) is 6.34. The van der Waals surface area contributed by atoms with Gasteiger partial charge >= 0.3 is 6.18 Å². The zero-order chi connectivity index (χ0) is 19.2. The minimum atomic E-state index is -4.49. The zero-order valence-electron chi connectivity index (χ0n) is 14.7. The van der Waals surface area contributed by atoms with Crippen molar-refractivity contribution in [1.29, 1.82) is 0 Å². The topological polar surface area (TPSA) is 33.4 Å². The fourth-order valence-electron chi connectivity index (χ4n) is 3.63. The van der Waals surface area contributed by atoms with Crippen molar-refractivity contribution in [3.63, 3.8) is 0 Å². The van der Waals surface area contributed by atoms with Gasteiger partial charge in [-0.25, -0.2) is 13.9 Å². The third kappa shape index (κ3) is 3.66. The van der Waals surface area contributed by atoms with Crippen LogP contribution in [0.5, 0.6) is 0 Å². The highest BCUT2D eigenvalue weighted by Gasteiger charge is 2.35. The van der Waals surface area contributed by atoms with Crippen molar-refractivity contribution in [1.82, 2.24) is 19.5 Å². The smallest absolute Gasteiger partial charge is 0.298 e. The summed E-state index contributed by atoms with van der Waals surface area (Å²) in [6.45, 7) is 3.60. The van der Waals surface area contributed by atoms with E-state index in [-0.39, 0.29) is 17.4 Å². The van der Waals surface area contributed by atoms with E-state index in [0.717, 1.165) is 29.1 Å². The highest BCUT2D eigenvalue weighted by molar-refractivity contribution is 5.43. The molecule has 0 bridgehead atoms. The van der Waals surface area contributed by atoms with Gasteiger partial charge in [-0.3, -0.25) is 4.90 Å². The van der Waals surface area contributed by atoms with Crippen LogP contribution in [-0.2, 0) is 12.7 Å². The van der Waals surface area contributed by atoms with Gasteiger partial charge in [0.15, 0.2) is 5.65 Å². The second-order valence-electron chi connectivity index (χ2n) is 6.97. The molecule has 0 saturated carbocycles. The van der Waals surface area contributed by atoms with Crippen molar-refractivity contribution < 1.29 is 17.6 Å². The number of aromatic nitrogens is 3. The van der Waals surface area contributed by atoms with Crippen LogP contribution in [-0.4, -0.2) is 32.6 Å². The molecular weight excluding hydrogens is 360 g/mol. The van der Waals surface area contributed by atoms with Crippen LogP contribution in [0.3, 0.4) is 0 Å². The molecule has 3 aromatic rings. The Morgan fingerprint density at radius 2 is 2.00 bits per heavy atom. The molecule has 0 aliphatic carbocycles. The summed E-state index contributed by atoms with van der Waals surface area (Å²) in [6, 6.07) is 9.09. The zero-order valence-corrected chi connectivity index (χ0v) is 14.7. The third-order valence-corrected chi connectivity index (χ3v) is 4.85. The van der Waals surface area contributed by atoms with E-state index in [1.807, 2.05) is 6.07 Å². The van der Waals surface area contributed by atoms with E-state index in [1.54, 1.807) is 12.1 Å². The van der Waals surface area contributed by atoms with E-state index in [2.05, 4.69) is 15.0 Å². The van der Waals surface area contributed by atoms with Gasteiger partial charge in [0.1, 0.15) is 11.5 Å². The average molecular weight is 378 g/mol. The number of fused-ring (bicyclic) bond motifs is 1. The summed E-state index contributed by atoms with van der Waals surface area (Å²) in [5.74, 6) is -0.244. The van der Waals surface area contributed by atoms with Gasteiger partial charge < -0.3 is 0 Å². The number of likely N-dealkylation sites (tertiary alicyclic amines) is 1. The Kier molecular flexibility index (Phi) is 4.38. The lowest BCUT2D eigenvalue weighted by atomic mass is 10.1. The molecule has 1 aliphatic heterocycles. The van der Waals surface area contributed by atoms with E-state index in [1.165, 1.54) is 19.1 Å². The fourth-order valence-corrected chi connectivity index (χ4v) is 3.63. The predicted octanol–water partition coefficient (Wildman–Crippen LogP) is 4.19. The van der Waals surface area contributed by atoms with E-state index in [4.69, 9.17) is 0 Å². The number of hydrogen-bond donors (Lipinski definition) is 0. The Balaban J connectivity index is 1.57. The van der Waals surface area contributed by atoms with Crippen molar-refractivity contribution in [2.75, 3.05) is 13.1 Å². The summed E-state index contributed by atoms with van der Waals surface area (Å²) in [5.41, 5.74) is 1.19. The first-order valence-electron chi connectivity index (χ1n) is 8.71. The lowest BCUT2D eigenvalue weighted by Crippen LogP contribution is -2.20. The molecule has 1 atom stereocenters. The molecular formula is C19H18F4N4. The Hall–Kier alpha value is -2.48. The number of nitrogens with zero attached hydrogens (tertiary/aromatic N) is 4. The van der Waals surface area contributed by atoms with E-state index in [9.17, 15) is 17.6 Å². The molecule has 8 heteroatoms. The molecule has 142 valence electrons. The number of rotatable bonds is 3. The van der Waals surface area contributed by atoms with Gasteiger partial charge in [0.05, 0.1) is 5.69 Å². The largest absolute Gasteiger partial charge is 0.433 e. The van der Waals surface area contributed by atoms with E-state index < -0.39 is 11.9 Å². The molecule has 27 heavy (non-hydrogen) atoms. The average Bonchev–Trinajstić information content (AvgIpc) is 3.19. The molecule has 2 aromatic heterocycles. The fraction of sp³-hybridized carbons (Fsp3) is 0.368. The summed E-state index contributed by atoms with van der Waals surface area (Å²) < 4.78 is 54.1. The second kappa shape index (κ2) is 6.60. The van der Waals surface area contributed by atoms with Gasteiger partial charge in [-0.05, 0) is 43.7 Å². The molecule has 0 amide bonds. The molecule has 1 fully saturated rings. The lowest BCUT2D eigenvalue weighted by molar-refractivity contribution is -0.142. The highest BCUT2D eigenvalue weighted by Crippen LogP contribution is 2.32. The SMILES string of the molecule is Cc1cc(C(F)(F)F)n2nc(C3CCN(Cc4cccc(F)c4)C3)cc2n1. The van der Waals surface area contributed by atoms with Crippen molar-refractivity contribution in [2.45, 2.75) is 32.0 Å². The van der Waals surface area contributed by atoms with Gasteiger partial charge in [0.25, 0.3) is 0 Å². The highest BCUT2D eigenvalue weighted by atomic mass is 19.4. The van der Waals surface area contributed by atoms with Crippen LogP contribution in [0.2, 0.25) is 0 Å². The van der Waals surface area contributed by atoms with Crippen LogP contribution < -0.4 is 0 Å². The van der Waals surface area contributed by atoms with Gasteiger partial charge in [-0.2, -0.15) is 18.3 Å². The second-order valence-corrected chi connectivity index (χ2v) is 6.97. The van der Waals surface area contributed by atoms with Crippen LogP contribution in [0.25, 0.3) is 5.65 Å². The van der Waals surface area contributed by atoms with Gasteiger partial charge in [-0.15, -0.1) is 0 Å². The Morgan fingerprint density at radius 1 is 1.19 bits per heavy atom. The minimum absolute atomic E-state index is 0.0293. The van der Waals surface area contributed by atoms with Crippen LogP contribution in [0, 0.1) is 12.7 Å². The molecule has 1 saturated heterocycles. The molecule has 1 aromatic carbocycles. The van der Waals surface area contributed by atoms with Crippen LogP contribution in [0.4, 0.5) is 17.6 Å². The summed E-state index contributed by atoms with van der Waals surface area (Å²) in [6.07, 6.45) is -3.70. The molecule has 4 nitrogen and oxygen atoms in total. The molecule has 0 radical (unpaired) electrons. The standard InChI is InChI=1S/C19H18F4N4/c1-12-7-17(19(21,22)23)27-18(24-12)9-16(25-27)14-5-6-26(11-14)10-13-3-2-4-15(20)8-13/h2-4,7-9,14H,5-6,10-11H2,1H3. The number of hydrogen-bond acceptors (Lipinski definition) is 3. The number of aryl methyl sites for hydroxylation is 1. The normalized spacial score (nSPS) is 18.5. The predicted molar refractivity (Wildman–Crippen MR) is 91.8 cm³/mol. The van der Waals surface area contributed by atoms with Crippen molar-refractivity contribution >= 4 is 5.65 Å². The molecule has 0 N–H and O–H groups in total. The van der Waals surface area contributed by atoms with Gasteiger partial charge in [0.2, 0.25) is 0 Å². The number of benzene rings is 1. The van der Waals surface area contributed by atoms with E-state index >= 15 is 0 Å². The number of alkyl halides is 3. The molecule has 1 unspecified atom stereocenters. The summed E-state index contributed by atoms with van der Waals surface area (Å²) in [5, 5.41) is 4.21. The maximum Gasteiger partial charge on any atom is 0.433 e. The quantitative estimate of drug-likeness (QED) is 0.641. The van der Waals surface area contributed by atoms with Crippen molar-refractivity contribution in [3.8, 4) is 0 Å². The van der Waals surface area contributed by atoms with E-state index in [0.29, 0.717) is 24.5 Å². The lowest BCUT2D eigenvalue weighted by Gasteiger charge is -2.15. The first-order chi connectivity index (χ1) is 12.8. The Morgan fingerprint density at radius 3 is 2.74 bits per heavy atom. The molecule has 0 spiro atoms. The first-order valence-corrected chi connectivity index (χ1v) is 8.71. The number of halogens is 4. The Bertz CT molecular complexity index is 979. The Labute approximate surface area is 153 Å². The molecule has 3 heterocycles.